The van der Waals surface area contributed by atoms with Crippen LogP contribution in [-0.2, 0) is 6.54 Å². The third-order valence-electron chi connectivity index (χ3n) is 5.33. The molecule has 2 aromatic carbocycles. The van der Waals surface area contributed by atoms with Crippen LogP contribution in [0.3, 0.4) is 0 Å². The van der Waals surface area contributed by atoms with Crippen molar-refractivity contribution in [2.24, 2.45) is 0 Å². The fraction of sp³-hybridized carbons (Fsp3) is 0.250. The molecule has 1 atom stereocenters. The van der Waals surface area contributed by atoms with E-state index in [2.05, 4.69) is 14.9 Å². The molecule has 31 heavy (non-hydrogen) atoms. The molecular weight excluding hydrogens is 413 g/mol. The smallest absolute Gasteiger partial charge is 0.260 e. The summed E-state index contributed by atoms with van der Waals surface area (Å²) < 4.78 is 14.3. The van der Waals surface area contributed by atoms with E-state index in [9.17, 15) is 14.3 Å². The summed E-state index contributed by atoms with van der Waals surface area (Å²) >= 11 is 1.33. The molecule has 4 aromatic rings. The SMILES string of the molecule is CC(C)N(Cc1nc2scc(-c3ccccc3F)c2c(=O)[nH]1)CC(O)c1ccccc1. The Balaban J connectivity index is 1.62. The van der Waals surface area contributed by atoms with Crippen LogP contribution in [0.1, 0.15) is 31.3 Å². The monoisotopic (exact) mass is 437 g/mol. The maximum absolute atomic E-state index is 14.3. The second-order valence-corrected chi connectivity index (χ2v) is 8.63. The lowest BCUT2D eigenvalue weighted by molar-refractivity contribution is 0.0891. The van der Waals surface area contributed by atoms with Gasteiger partial charge in [-0.05, 0) is 25.5 Å². The highest BCUT2D eigenvalue weighted by Gasteiger charge is 2.20. The van der Waals surface area contributed by atoms with Crippen molar-refractivity contribution in [2.75, 3.05) is 6.54 Å². The van der Waals surface area contributed by atoms with Gasteiger partial charge in [-0.25, -0.2) is 9.37 Å². The van der Waals surface area contributed by atoms with Crippen molar-refractivity contribution < 1.29 is 9.50 Å². The second kappa shape index (κ2) is 9.09. The summed E-state index contributed by atoms with van der Waals surface area (Å²) in [4.78, 5) is 23.0. The fourth-order valence-corrected chi connectivity index (χ4v) is 4.56. The van der Waals surface area contributed by atoms with Crippen molar-refractivity contribution in [1.82, 2.24) is 14.9 Å². The van der Waals surface area contributed by atoms with E-state index in [1.54, 1.807) is 23.6 Å². The van der Waals surface area contributed by atoms with E-state index in [4.69, 9.17) is 0 Å². The quantitative estimate of drug-likeness (QED) is 0.438. The zero-order chi connectivity index (χ0) is 22.0. The van der Waals surface area contributed by atoms with Crippen LogP contribution in [0.2, 0.25) is 0 Å². The molecule has 0 aliphatic heterocycles. The molecule has 0 amide bonds. The lowest BCUT2D eigenvalue weighted by atomic mass is 10.1. The number of rotatable bonds is 7. The first-order valence-corrected chi connectivity index (χ1v) is 11.0. The molecule has 2 N–H and O–H groups in total. The Labute approximate surface area is 183 Å². The molecule has 2 heterocycles. The molecule has 7 heteroatoms. The number of halogens is 1. The Morgan fingerprint density at radius 1 is 1.10 bits per heavy atom. The van der Waals surface area contributed by atoms with Crippen LogP contribution in [0.4, 0.5) is 4.39 Å². The number of H-pyrrole nitrogens is 1. The molecule has 0 aliphatic carbocycles. The highest BCUT2D eigenvalue weighted by molar-refractivity contribution is 7.17. The number of thiophene rings is 1. The predicted molar refractivity (Wildman–Crippen MR) is 123 cm³/mol. The lowest BCUT2D eigenvalue weighted by Crippen LogP contribution is -2.35. The number of aliphatic hydroxyl groups excluding tert-OH is 1. The first-order valence-electron chi connectivity index (χ1n) is 10.2. The molecule has 1 unspecified atom stereocenters. The normalized spacial score (nSPS) is 12.7. The summed E-state index contributed by atoms with van der Waals surface area (Å²) in [5.74, 6) is 0.153. The van der Waals surface area contributed by atoms with Gasteiger partial charge in [0.15, 0.2) is 0 Å². The van der Waals surface area contributed by atoms with Crippen LogP contribution in [0.5, 0.6) is 0 Å². The topological polar surface area (TPSA) is 69.2 Å². The molecule has 0 spiro atoms. The van der Waals surface area contributed by atoms with Gasteiger partial charge in [-0.15, -0.1) is 11.3 Å². The van der Waals surface area contributed by atoms with Crippen molar-refractivity contribution in [3.8, 4) is 11.1 Å². The van der Waals surface area contributed by atoms with Gasteiger partial charge >= 0.3 is 0 Å². The minimum absolute atomic E-state index is 0.136. The maximum atomic E-state index is 14.3. The van der Waals surface area contributed by atoms with Crippen molar-refractivity contribution in [1.29, 1.82) is 0 Å². The van der Waals surface area contributed by atoms with E-state index in [-0.39, 0.29) is 17.4 Å². The van der Waals surface area contributed by atoms with E-state index in [1.807, 2.05) is 44.2 Å². The van der Waals surface area contributed by atoms with Gasteiger partial charge in [0.2, 0.25) is 0 Å². The molecule has 4 rings (SSSR count). The number of hydrogen-bond acceptors (Lipinski definition) is 5. The first kappa shape index (κ1) is 21.4. The summed E-state index contributed by atoms with van der Waals surface area (Å²) in [5, 5.41) is 12.8. The van der Waals surface area contributed by atoms with Crippen LogP contribution < -0.4 is 5.56 Å². The van der Waals surface area contributed by atoms with Gasteiger partial charge in [0.25, 0.3) is 5.56 Å². The van der Waals surface area contributed by atoms with E-state index < -0.39 is 6.10 Å². The molecule has 5 nitrogen and oxygen atoms in total. The number of aromatic nitrogens is 2. The van der Waals surface area contributed by atoms with Crippen molar-refractivity contribution >= 4 is 21.6 Å². The number of fused-ring (bicyclic) bond motifs is 1. The lowest BCUT2D eigenvalue weighted by Gasteiger charge is -2.28. The minimum atomic E-state index is -0.645. The third kappa shape index (κ3) is 4.58. The molecule has 160 valence electrons. The third-order valence-corrected chi connectivity index (χ3v) is 6.20. The van der Waals surface area contributed by atoms with Crippen LogP contribution in [0, 0.1) is 5.82 Å². The number of aliphatic hydroxyl groups is 1. The summed E-state index contributed by atoms with van der Waals surface area (Å²) in [6, 6.07) is 16.0. The molecule has 0 radical (unpaired) electrons. The summed E-state index contributed by atoms with van der Waals surface area (Å²) in [5.41, 5.74) is 1.51. The Morgan fingerprint density at radius 3 is 2.52 bits per heavy atom. The van der Waals surface area contributed by atoms with Gasteiger partial charge in [-0.3, -0.25) is 9.69 Å². The summed E-state index contributed by atoms with van der Waals surface area (Å²) in [7, 11) is 0. The largest absolute Gasteiger partial charge is 0.387 e. The van der Waals surface area contributed by atoms with Crippen LogP contribution in [0.15, 0.2) is 64.8 Å². The minimum Gasteiger partial charge on any atom is -0.387 e. The fourth-order valence-electron chi connectivity index (χ4n) is 3.60. The van der Waals surface area contributed by atoms with E-state index in [1.165, 1.54) is 17.4 Å². The molecule has 2 aromatic heterocycles. The van der Waals surface area contributed by atoms with Crippen LogP contribution in [0.25, 0.3) is 21.3 Å². The van der Waals surface area contributed by atoms with Crippen molar-refractivity contribution in [3.63, 3.8) is 0 Å². The standard InChI is InChI=1S/C24H24FN3O2S/c1-15(2)28(12-20(29)16-8-4-3-5-9-16)13-21-26-23(30)22-18(14-31-24(22)27-21)17-10-6-7-11-19(17)25/h3-11,14-15,20,29H,12-13H2,1-2H3,(H,26,27,30). The summed E-state index contributed by atoms with van der Waals surface area (Å²) in [6.45, 7) is 4.87. The molecule has 0 saturated carbocycles. The molecular formula is C24H24FN3O2S. The average molecular weight is 438 g/mol. The first-order chi connectivity index (χ1) is 14.9. The highest BCUT2D eigenvalue weighted by Crippen LogP contribution is 2.32. The Bertz CT molecular complexity index is 1240. The zero-order valence-electron chi connectivity index (χ0n) is 17.4. The average Bonchev–Trinajstić information content (AvgIpc) is 3.18. The van der Waals surface area contributed by atoms with Crippen molar-refractivity contribution in [2.45, 2.75) is 32.5 Å². The molecule has 0 saturated heterocycles. The Morgan fingerprint density at radius 2 is 1.81 bits per heavy atom. The Kier molecular flexibility index (Phi) is 6.27. The van der Waals surface area contributed by atoms with Crippen LogP contribution >= 0.6 is 11.3 Å². The molecule has 0 aliphatic rings. The van der Waals surface area contributed by atoms with Gasteiger partial charge in [0.05, 0.1) is 18.0 Å². The van der Waals surface area contributed by atoms with E-state index in [0.29, 0.717) is 40.3 Å². The number of nitrogens with zero attached hydrogens (tertiary/aromatic N) is 2. The zero-order valence-corrected chi connectivity index (χ0v) is 18.2. The van der Waals surface area contributed by atoms with E-state index in [0.717, 1.165) is 5.56 Å². The molecule has 0 fully saturated rings. The number of aromatic amines is 1. The maximum Gasteiger partial charge on any atom is 0.260 e. The number of hydrogen-bond donors (Lipinski definition) is 2. The van der Waals surface area contributed by atoms with Gasteiger partial charge in [0.1, 0.15) is 16.5 Å². The van der Waals surface area contributed by atoms with Crippen molar-refractivity contribution in [3.05, 3.63) is 87.5 Å². The van der Waals surface area contributed by atoms with Gasteiger partial charge < -0.3 is 10.1 Å². The van der Waals surface area contributed by atoms with Crippen LogP contribution in [-0.4, -0.2) is 32.6 Å². The predicted octanol–water partition coefficient (Wildman–Crippen LogP) is 4.73. The highest BCUT2D eigenvalue weighted by atomic mass is 32.1. The summed E-state index contributed by atoms with van der Waals surface area (Å²) in [6.07, 6.45) is -0.645. The molecule has 0 bridgehead atoms. The van der Waals surface area contributed by atoms with Gasteiger partial charge in [0, 0.05) is 29.1 Å². The van der Waals surface area contributed by atoms with Gasteiger partial charge in [-0.2, -0.15) is 0 Å². The van der Waals surface area contributed by atoms with E-state index >= 15 is 0 Å². The van der Waals surface area contributed by atoms with Gasteiger partial charge in [-0.1, -0.05) is 48.5 Å². The Hall–Kier alpha value is -2.87. The second-order valence-electron chi connectivity index (χ2n) is 7.77. The number of nitrogens with one attached hydrogen (secondary N) is 1. The number of benzene rings is 2.